The van der Waals surface area contributed by atoms with Crippen LogP contribution in [0.25, 0.3) is 10.6 Å². The Kier molecular flexibility index (Phi) is 5.36. The highest BCUT2D eigenvalue weighted by atomic mass is 32.1. The Morgan fingerprint density at radius 3 is 2.54 bits per heavy atom. The van der Waals surface area contributed by atoms with Gasteiger partial charge in [0.25, 0.3) is 6.43 Å². The second-order valence-electron chi connectivity index (χ2n) is 5.98. The third-order valence-electron chi connectivity index (χ3n) is 3.69. The number of hydrogen-bond acceptors (Lipinski definition) is 5. The summed E-state index contributed by atoms with van der Waals surface area (Å²) in [7, 11) is 0. The van der Waals surface area contributed by atoms with E-state index in [1.807, 2.05) is 24.3 Å². The summed E-state index contributed by atoms with van der Waals surface area (Å²) < 4.78 is 26.2. The molecule has 0 fully saturated rings. The van der Waals surface area contributed by atoms with E-state index < -0.39 is 12.3 Å². The maximum Gasteiger partial charge on any atom is 0.282 e. The van der Waals surface area contributed by atoms with Crippen LogP contribution in [0.15, 0.2) is 36.5 Å². The van der Waals surface area contributed by atoms with E-state index in [-0.39, 0.29) is 12.2 Å². The van der Waals surface area contributed by atoms with Gasteiger partial charge in [0.15, 0.2) is 0 Å². The molecular formula is C17H17F2N5OS. The molecule has 0 saturated heterocycles. The summed E-state index contributed by atoms with van der Waals surface area (Å²) in [5, 5.41) is 15.3. The number of carbonyl (C=O) groups excluding carboxylic acids is 1. The number of anilines is 1. The van der Waals surface area contributed by atoms with Crippen LogP contribution in [0.3, 0.4) is 0 Å². The van der Waals surface area contributed by atoms with Gasteiger partial charge in [-0.05, 0) is 17.5 Å². The molecule has 2 aromatic heterocycles. The minimum atomic E-state index is -2.66. The van der Waals surface area contributed by atoms with Gasteiger partial charge in [-0.1, -0.05) is 49.4 Å². The molecule has 0 saturated carbocycles. The van der Waals surface area contributed by atoms with Crippen molar-refractivity contribution in [3.05, 3.63) is 47.8 Å². The van der Waals surface area contributed by atoms with E-state index in [1.54, 1.807) is 0 Å². The topological polar surface area (TPSA) is 72.7 Å². The number of hydrogen-bond donors (Lipinski definition) is 1. The SMILES string of the molecule is CC(C)c1ccc(-c2nnc(NC(=O)Cn3ccc(C(F)F)n3)s2)cc1. The van der Waals surface area contributed by atoms with E-state index in [9.17, 15) is 13.6 Å². The third kappa shape index (κ3) is 4.29. The maximum atomic E-state index is 12.5. The zero-order chi connectivity index (χ0) is 18.7. The van der Waals surface area contributed by atoms with E-state index in [0.717, 1.165) is 10.2 Å². The Morgan fingerprint density at radius 2 is 1.92 bits per heavy atom. The number of benzene rings is 1. The quantitative estimate of drug-likeness (QED) is 0.702. The first kappa shape index (κ1) is 18.1. The zero-order valence-electron chi connectivity index (χ0n) is 14.2. The molecule has 2 heterocycles. The summed E-state index contributed by atoms with van der Waals surface area (Å²) in [4.78, 5) is 12.0. The number of rotatable bonds is 6. The van der Waals surface area contributed by atoms with E-state index >= 15 is 0 Å². The second kappa shape index (κ2) is 7.69. The molecule has 3 rings (SSSR count). The molecule has 26 heavy (non-hydrogen) atoms. The molecule has 9 heteroatoms. The van der Waals surface area contributed by atoms with Gasteiger partial charge < -0.3 is 0 Å². The van der Waals surface area contributed by atoms with Crippen molar-refractivity contribution in [2.24, 2.45) is 0 Å². The van der Waals surface area contributed by atoms with Gasteiger partial charge in [0, 0.05) is 11.8 Å². The lowest BCUT2D eigenvalue weighted by Crippen LogP contribution is -2.19. The molecule has 0 aliphatic carbocycles. The molecule has 0 atom stereocenters. The Morgan fingerprint density at radius 1 is 1.19 bits per heavy atom. The van der Waals surface area contributed by atoms with Gasteiger partial charge in [0.1, 0.15) is 17.2 Å². The lowest BCUT2D eigenvalue weighted by Gasteiger charge is -2.04. The van der Waals surface area contributed by atoms with Gasteiger partial charge in [0.2, 0.25) is 11.0 Å². The fourth-order valence-electron chi connectivity index (χ4n) is 2.29. The number of halogens is 2. The Labute approximate surface area is 152 Å². The third-order valence-corrected chi connectivity index (χ3v) is 4.57. The molecule has 0 unspecified atom stereocenters. The molecule has 6 nitrogen and oxygen atoms in total. The number of aromatic nitrogens is 4. The van der Waals surface area contributed by atoms with Gasteiger partial charge in [-0.2, -0.15) is 5.10 Å². The van der Waals surface area contributed by atoms with Crippen LogP contribution in [0.5, 0.6) is 0 Å². The first-order valence-corrected chi connectivity index (χ1v) is 8.79. The van der Waals surface area contributed by atoms with Crippen molar-refractivity contribution in [3.8, 4) is 10.6 Å². The summed E-state index contributed by atoms with van der Waals surface area (Å²) in [6, 6.07) is 9.20. The van der Waals surface area contributed by atoms with Crippen LogP contribution in [0.2, 0.25) is 0 Å². The minimum absolute atomic E-state index is 0.176. The number of alkyl halides is 2. The van der Waals surface area contributed by atoms with Crippen molar-refractivity contribution < 1.29 is 13.6 Å². The number of nitrogens with one attached hydrogen (secondary N) is 1. The molecule has 0 aliphatic heterocycles. The van der Waals surface area contributed by atoms with Gasteiger partial charge in [-0.15, -0.1) is 10.2 Å². The van der Waals surface area contributed by atoms with Crippen molar-refractivity contribution in [3.63, 3.8) is 0 Å². The maximum absolute atomic E-state index is 12.5. The molecule has 3 aromatic rings. The molecule has 0 aliphatic rings. The van der Waals surface area contributed by atoms with Crippen LogP contribution in [0.4, 0.5) is 13.9 Å². The van der Waals surface area contributed by atoms with Crippen LogP contribution in [0, 0.1) is 0 Å². The highest BCUT2D eigenvalue weighted by Gasteiger charge is 2.14. The first-order valence-electron chi connectivity index (χ1n) is 7.97. The van der Waals surface area contributed by atoms with Crippen LogP contribution in [0.1, 0.15) is 37.4 Å². The van der Waals surface area contributed by atoms with Crippen LogP contribution < -0.4 is 5.32 Å². The van der Waals surface area contributed by atoms with Crippen molar-refractivity contribution in [1.29, 1.82) is 0 Å². The van der Waals surface area contributed by atoms with E-state index in [2.05, 4.69) is 34.5 Å². The van der Waals surface area contributed by atoms with Crippen LogP contribution in [-0.2, 0) is 11.3 Å². The lowest BCUT2D eigenvalue weighted by atomic mass is 10.0. The van der Waals surface area contributed by atoms with Crippen molar-refractivity contribution in [1.82, 2.24) is 20.0 Å². The zero-order valence-corrected chi connectivity index (χ0v) is 15.0. The normalized spacial score (nSPS) is 11.3. The van der Waals surface area contributed by atoms with Crippen molar-refractivity contribution in [2.75, 3.05) is 5.32 Å². The molecule has 1 aromatic carbocycles. The highest BCUT2D eigenvalue weighted by molar-refractivity contribution is 7.18. The largest absolute Gasteiger partial charge is 0.299 e. The monoisotopic (exact) mass is 377 g/mol. The fraction of sp³-hybridized carbons (Fsp3) is 0.294. The van der Waals surface area contributed by atoms with Gasteiger partial charge in [-0.25, -0.2) is 8.78 Å². The molecular weight excluding hydrogens is 360 g/mol. The first-order chi connectivity index (χ1) is 12.4. The van der Waals surface area contributed by atoms with E-state index in [1.165, 1.54) is 29.2 Å². The average Bonchev–Trinajstić information content (AvgIpc) is 3.24. The smallest absolute Gasteiger partial charge is 0.282 e. The summed E-state index contributed by atoms with van der Waals surface area (Å²) in [6.07, 6.45) is -1.32. The van der Waals surface area contributed by atoms with E-state index in [4.69, 9.17) is 0 Å². The van der Waals surface area contributed by atoms with Gasteiger partial charge in [0.05, 0.1) is 0 Å². The fourth-order valence-corrected chi connectivity index (χ4v) is 3.05. The molecule has 0 spiro atoms. The Hall–Kier alpha value is -2.68. The molecule has 0 radical (unpaired) electrons. The summed E-state index contributed by atoms with van der Waals surface area (Å²) in [6.45, 7) is 4.07. The standard InChI is InChI=1S/C17H17F2N5OS/c1-10(2)11-3-5-12(6-4-11)16-21-22-17(26-16)20-14(25)9-24-8-7-13(23-24)15(18)19/h3-8,10,15H,9H2,1-2H3,(H,20,22,25). The van der Waals surface area contributed by atoms with Gasteiger partial charge in [-0.3, -0.25) is 14.8 Å². The molecule has 0 bridgehead atoms. The van der Waals surface area contributed by atoms with Crippen molar-refractivity contribution in [2.45, 2.75) is 32.7 Å². The predicted octanol–water partition coefficient (Wildman–Crippen LogP) is 4.10. The summed E-state index contributed by atoms with van der Waals surface area (Å²) >= 11 is 1.25. The highest BCUT2D eigenvalue weighted by Crippen LogP contribution is 2.27. The summed E-state index contributed by atoms with van der Waals surface area (Å²) in [5.41, 5.74) is 1.79. The summed E-state index contributed by atoms with van der Waals surface area (Å²) in [5.74, 6) is 0.0352. The molecule has 1 amide bonds. The molecule has 1 N–H and O–H groups in total. The number of amides is 1. The van der Waals surface area contributed by atoms with Gasteiger partial charge >= 0.3 is 0 Å². The minimum Gasteiger partial charge on any atom is -0.299 e. The number of carbonyl (C=O) groups is 1. The van der Waals surface area contributed by atoms with Crippen molar-refractivity contribution >= 4 is 22.4 Å². The predicted molar refractivity (Wildman–Crippen MR) is 95.2 cm³/mol. The molecule has 136 valence electrons. The number of nitrogens with zero attached hydrogens (tertiary/aromatic N) is 4. The van der Waals surface area contributed by atoms with E-state index in [0.29, 0.717) is 16.1 Å². The average molecular weight is 377 g/mol. The lowest BCUT2D eigenvalue weighted by molar-refractivity contribution is -0.116. The second-order valence-corrected chi connectivity index (χ2v) is 6.95. The Balaban J connectivity index is 1.63. The van der Waals surface area contributed by atoms with Crippen LogP contribution >= 0.6 is 11.3 Å². The van der Waals surface area contributed by atoms with Crippen LogP contribution in [-0.4, -0.2) is 25.9 Å². The Bertz CT molecular complexity index is 889.